The van der Waals surface area contributed by atoms with Gasteiger partial charge in [-0.3, -0.25) is 9.58 Å². The van der Waals surface area contributed by atoms with E-state index >= 15 is 0 Å². The summed E-state index contributed by atoms with van der Waals surface area (Å²) in [6.45, 7) is 3.36. The van der Waals surface area contributed by atoms with E-state index in [0.717, 1.165) is 37.9 Å². The molecule has 1 aliphatic heterocycles. The lowest BCUT2D eigenvalue weighted by atomic mass is 9.83. The Kier molecular flexibility index (Phi) is 6.79. The quantitative estimate of drug-likeness (QED) is 0.679. The lowest BCUT2D eigenvalue weighted by molar-refractivity contribution is -0.0756. The zero-order chi connectivity index (χ0) is 22.0. The van der Waals surface area contributed by atoms with Crippen LogP contribution in [0.5, 0.6) is 0 Å². The maximum Gasteiger partial charge on any atom is 0.153 e. The standard InChI is InChI=1S/C23H34N4O3S/c1-17-4-6-18(7-5-17)12-21-14-30-22(15-31(3,28)29)13-27(21)20-10-8-19(9-11-20)23-24-16-26(2)25-23/h4-7,16,19-22H,8-15H2,1-3H3/t19?,20?,21-,22+/m0/s1. The minimum Gasteiger partial charge on any atom is -0.374 e. The van der Waals surface area contributed by atoms with E-state index in [2.05, 4.69) is 46.2 Å². The summed E-state index contributed by atoms with van der Waals surface area (Å²) in [5, 5.41) is 4.51. The lowest BCUT2D eigenvalue weighted by Gasteiger charge is -2.46. The van der Waals surface area contributed by atoms with Gasteiger partial charge in [-0.25, -0.2) is 13.4 Å². The summed E-state index contributed by atoms with van der Waals surface area (Å²) in [4.78, 5) is 7.00. The minimum absolute atomic E-state index is 0.0912. The van der Waals surface area contributed by atoms with E-state index < -0.39 is 9.84 Å². The molecule has 1 saturated carbocycles. The molecule has 8 heteroatoms. The van der Waals surface area contributed by atoms with Gasteiger partial charge in [0.1, 0.15) is 16.2 Å². The predicted molar refractivity (Wildman–Crippen MR) is 121 cm³/mol. The van der Waals surface area contributed by atoms with Gasteiger partial charge in [0.2, 0.25) is 0 Å². The third-order valence-corrected chi connectivity index (χ3v) is 7.61. The van der Waals surface area contributed by atoms with E-state index in [1.165, 1.54) is 17.4 Å². The number of sulfone groups is 1. The van der Waals surface area contributed by atoms with E-state index in [4.69, 9.17) is 4.74 Å². The molecule has 0 N–H and O–H groups in total. The van der Waals surface area contributed by atoms with Gasteiger partial charge in [-0.15, -0.1) is 0 Å². The van der Waals surface area contributed by atoms with Crippen LogP contribution in [0.3, 0.4) is 0 Å². The van der Waals surface area contributed by atoms with Gasteiger partial charge in [-0.2, -0.15) is 5.10 Å². The van der Waals surface area contributed by atoms with Crippen molar-refractivity contribution in [2.24, 2.45) is 7.05 Å². The Morgan fingerprint density at radius 3 is 2.45 bits per heavy atom. The molecule has 0 spiro atoms. The van der Waals surface area contributed by atoms with Crippen molar-refractivity contribution < 1.29 is 13.2 Å². The third-order valence-electron chi connectivity index (χ3n) is 6.64. The number of hydrogen-bond donors (Lipinski definition) is 0. The van der Waals surface area contributed by atoms with Crippen LogP contribution in [0.1, 0.15) is 48.6 Å². The fourth-order valence-electron chi connectivity index (χ4n) is 5.05. The molecule has 0 radical (unpaired) electrons. The highest BCUT2D eigenvalue weighted by Gasteiger charge is 2.37. The van der Waals surface area contributed by atoms with Crippen LogP contribution < -0.4 is 0 Å². The molecule has 1 aromatic heterocycles. The second-order valence-corrected chi connectivity index (χ2v) is 11.6. The van der Waals surface area contributed by atoms with Crippen LogP contribution in [-0.4, -0.2) is 71.4 Å². The molecule has 170 valence electrons. The van der Waals surface area contributed by atoms with Crippen molar-refractivity contribution >= 4 is 9.84 Å². The van der Waals surface area contributed by atoms with Crippen molar-refractivity contribution in [3.8, 4) is 0 Å². The topological polar surface area (TPSA) is 77.3 Å². The van der Waals surface area contributed by atoms with E-state index in [0.29, 0.717) is 25.1 Å². The first-order valence-electron chi connectivity index (χ1n) is 11.2. The van der Waals surface area contributed by atoms with Gasteiger partial charge in [0.15, 0.2) is 5.82 Å². The molecule has 2 fully saturated rings. The number of aryl methyl sites for hydroxylation is 2. The molecular formula is C23H34N4O3S. The molecule has 1 aliphatic carbocycles. The number of aromatic nitrogens is 3. The average molecular weight is 447 g/mol. The second kappa shape index (κ2) is 9.38. The molecule has 1 aromatic carbocycles. The summed E-state index contributed by atoms with van der Waals surface area (Å²) in [5.41, 5.74) is 2.56. The fraction of sp³-hybridized carbons (Fsp3) is 0.652. The van der Waals surface area contributed by atoms with Crippen molar-refractivity contribution in [3.05, 3.63) is 47.5 Å². The maximum absolute atomic E-state index is 11.9. The highest BCUT2D eigenvalue weighted by Crippen LogP contribution is 2.35. The monoisotopic (exact) mass is 446 g/mol. The zero-order valence-corrected chi connectivity index (χ0v) is 19.6. The Balaban J connectivity index is 1.45. The summed E-state index contributed by atoms with van der Waals surface area (Å²) in [6, 6.07) is 9.41. The van der Waals surface area contributed by atoms with Gasteiger partial charge >= 0.3 is 0 Å². The van der Waals surface area contributed by atoms with Crippen molar-refractivity contribution in [1.29, 1.82) is 0 Å². The van der Waals surface area contributed by atoms with Crippen molar-refractivity contribution in [3.63, 3.8) is 0 Å². The van der Waals surface area contributed by atoms with Gasteiger partial charge in [0, 0.05) is 37.8 Å². The molecule has 2 atom stereocenters. The first-order valence-corrected chi connectivity index (χ1v) is 13.3. The number of rotatable bonds is 6. The molecular weight excluding hydrogens is 412 g/mol. The third kappa shape index (κ3) is 5.93. The summed E-state index contributed by atoms with van der Waals surface area (Å²) in [6.07, 6.45) is 8.05. The first kappa shape index (κ1) is 22.4. The van der Waals surface area contributed by atoms with Crippen LogP contribution in [0.4, 0.5) is 0 Å². The largest absolute Gasteiger partial charge is 0.374 e. The van der Waals surface area contributed by atoms with Crippen molar-refractivity contribution in [2.45, 2.75) is 63.1 Å². The smallest absolute Gasteiger partial charge is 0.153 e. The van der Waals surface area contributed by atoms with Gasteiger partial charge in [-0.05, 0) is 44.6 Å². The van der Waals surface area contributed by atoms with Crippen molar-refractivity contribution in [1.82, 2.24) is 19.7 Å². The molecule has 2 aromatic rings. The van der Waals surface area contributed by atoms with Gasteiger partial charge < -0.3 is 4.74 Å². The minimum atomic E-state index is -3.07. The SMILES string of the molecule is Cc1ccc(C[C@H]2CO[C@@H](CS(C)(=O)=O)CN2C2CCC(c3ncn(C)n3)CC2)cc1. The normalized spacial score (nSPS) is 28.0. The van der Waals surface area contributed by atoms with Crippen molar-refractivity contribution in [2.75, 3.05) is 25.2 Å². The molecule has 0 amide bonds. The van der Waals surface area contributed by atoms with Crippen LogP contribution in [0.15, 0.2) is 30.6 Å². The Hall–Kier alpha value is -1.77. The summed E-state index contributed by atoms with van der Waals surface area (Å²) < 4.78 is 31.6. The Bertz CT molecular complexity index is 965. The van der Waals surface area contributed by atoms with Crippen LogP contribution in [0.25, 0.3) is 0 Å². The van der Waals surface area contributed by atoms with E-state index in [1.54, 1.807) is 11.0 Å². The highest BCUT2D eigenvalue weighted by molar-refractivity contribution is 7.90. The summed E-state index contributed by atoms with van der Waals surface area (Å²) in [7, 11) is -1.16. The van der Waals surface area contributed by atoms with Gasteiger partial charge in [0.05, 0.1) is 18.5 Å². The van der Waals surface area contributed by atoms with Gasteiger partial charge in [0.25, 0.3) is 0 Å². The number of morpholine rings is 1. The number of benzene rings is 1. The Labute approximate surface area is 185 Å². The maximum atomic E-state index is 11.9. The average Bonchev–Trinajstić information content (AvgIpc) is 3.16. The Morgan fingerprint density at radius 1 is 1.13 bits per heavy atom. The van der Waals surface area contributed by atoms with Crippen LogP contribution in [0.2, 0.25) is 0 Å². The highest BCUT2D eigenvalue weighted by atomic mass is 32.2. The molecule has 0 bridgehead atoms. The van der Waals surface area contributed by atoms with Crippen LogP contribution in [-0.2, 0) is 28.0 Å². The lowest BCUT2D eigenvalue weighted by Crippen LogP contribution is -2.56. The number of nitrogens with zero attached hydrogens (tertiary/aromatic N) is 4. The molecule has 2 heterocycles. The van der Waals surface area contributed by atoms with E-state index in [9.17, 15) is 8.42 Å². The predicted octanol–water partition coefficient (Wildman–Crippen LogP) is 2.51. The molecule has 7 nitrogen and oxygen atoms in total. The van der Waals surface area contributed by atoms with E-state index in [1.807, 2.05) is 7.05 Å². The molecule has 4 rings (SSSR count). The summed E-state index contributed by atoms with van der Waals surface area (Å²) >= 11 is 0. The van der Waals surface area contributed by atoms with Crippen LogP contribution >= 0.6 is 0 Å². The van der Waals surface area contributed by atoms with Crippen LogP contribution in [0, 0.1) is 6.92 Å². The zero-order valence-electron chi connectivity index (χ0n) is 18.8. The second-order valence-electron chi connectivity index (χ2n) is 9.37. The number of hydrogen-bond acceptors (Lipinski definition) is 6. The molecule has 0 unspecified atom stereocenters. The summed E-state index contributed by atoms with van der Waals surface area (Å²) in [5.74, 6) is 1.46. The molecule has 1 saturated heterocycles. The number of ether oxygens (including phenoxy) is 1. The molecule has 31 heavy (non-hydrogen) atoms. The molecule has 2 aliphatic rings. The van der Waals surface area contributed by atoms with E-state index in [-0.39, 0.29) is 17.9 Å². The fourth-order valence-corrected chi connectivity index (χ4v) is 5.92. The first-order chi connectivity index (χ1) is 14.8. The Morgan fingerprint density at radius 2 is 1.84 bits per heavy atom. The van der Waals surface area contributed by atoms with Gasteiger partial charge in [-0.1, -0.05) is 29.8 Å².